The lowest BCUT2D eigenvalue weighted by Gasteiger charge is -2.39. The number of hydrogen-bond donors (Lipinski definition) is 2. The quantitative estimate of drug-likeness (QED) is 0.0204. The summed E-state index contributed by atoms with van der Waals surface area (Å²) in [6.45, 7) is 0.354. The van der Waals surface area contributed by atoms with Crippen LogP contribution in [0.25, 0.3) is 12.2 Å². The van der Waals surface area contributed by atoms with Crippen molar-refractivity contribution in [2.24, 2.45) is 16.9 Å². The molecule has 0 bridgehead atoms. The third kappa shape index (κ3) is 15.7. The number of hydrogen-bond acceptors (Lipinski definition) is 14. The van der Waals surface area contributed by atoms with Crippen molar-refractivity contribution in [2.75, 3.05) is 40.6 Å². The van der Waals surface area contributed by atoms with E-state index < -0.39 is 53.3 Å². The molecule has 0 heterocycles. The van der Waals surface area contributed by atoms with Gasteiger partial charge in [-0.05, 0) is 110 Å². The largest absolute Gasteiger partial charge is 0.466 e. The van der Waals surface area contributed by atoms with Gasteiger partial charge in [0.05, 0.1) is 63.9 Å². The highest BCUT2D eigenvalue weighted by Crippen LogP contribution is 2.44. The zero-order chi connectivity index (χ0) is 46.9. The van der Waals surface area contributed by atoms with Crippen LogP contribution in [0.15, 0.2) is 121 Å². The van der Waals surface area contributed by atoms with E-state index in [1.54, 1.807) is 121 Å². The Morgan fingerprint density at radius 3 is 1.11 bits per heavy atom. The van der Waals surface area contributed by atoms with Crippen LogP contribution in [0.4, 0.5) is 0 Å². The lowest BCUT2D eigenvalue weighted by atomic mass is 9.69. The van der Waals surface area contributed by atoms with Gasteiger partial charge in [0, 0.05) is 12.2 Å². The number of methoxy groups -OCH3 is 2. The lowest BCUT2D eigenvalue weighted by Crippen LogP contribution is -2.56. The van der Waals surface area contributed by atoms with Crippen LogP contribution in [-0.2, 0) is 47.6 Å². The first-order chi connectivity index (χ1) is 31.5. The molecule has 0 spiro atoms. The van der Waals surface area contributed by atoms with E-state index in [-0.39, 0.29) is 26.4 Å². The molecule has 0 aliphatic rings. The zero-order valence-corrected chi connectivity index (χ0v) is 36.9. The number of carbonyl (C=O) groups is 6. The molecule has 0 aliphatic heterocycles. The maximum absolute atomic E-state index is 14.4. The molecule has 0 amide bonds. The van der Waals surface area contributed by atoms with Gasteiger partial charge in [-0.25, -0.2) is 19.2 Å². The van der Waals surface area contributed by atoms with Crippen molar-refractivity contribution in [2.45, 2.75) is 63.5 Å². The Morgan fingerprint density at radius 2 is 0.785 bits per heavy atom. The molecule has 4 aromatic rings. The van der Waals surface area contributed by atoms with Crippen molar-refractivity contribution in [3.05, 3.63) is 155 Å². The summed E-state index contributed by atoms with van der Waals surface area (Å²) in [6, 6.07) is 28.3. The second-order valence-corrected chi connectivity index (χ2v) is 15.0. The van der Waals surface area contributed by atoms with Crippen molar-refractivity contribution in [3.63, 3.8) is 0 Å². The Bertz CT molecular complexity index is 2030. The minimum Gasteiger partial charge on any atom is -0.466 e. The molecule has 4 N–H and O–H groups in total. The molecule has 0 saturated carbocycles. The first-order valence-corrected chi connectivity index (χ1v) is 21.5. The molecule has 344 valence electrons. The van der Waals surface area contributed by atoms with Gasteiger partial charge in [0.2, 0.25) is 5.41 Å². The van der Waals surface area contributed by atoms with E-state index in [0.717, 1.165) is 11.1 Å². The molecule has 0 radical (unpaired) electrons. The molecule has 65 heavy (non-hydrogen) atoms. The van der Waals surface area contributed by atoms with E-state index in [1.165, 1.54) is 26.4 Å². The molecule has 2 atom stereocenters. The third-order valence-corrected chi connectivity index (χ3v) is 10.5. The highest BCUT2D eigenvalue weighted by atomic mass is 16.6. The van der Waals surface area contributed by atoms with E-state index in [9.17, 15) is 28.8 Å². The smallest absolute Gasteiger partial charge is 0.338 e. The van der Waals surface area contributed by atoms with E-state index in [1.807, 2.05) is 0 Å². The first-order valence-electron chi connectivity index (χ1n) is 21.5. The number of nitrogens with two attached hydrogens (primary N) is 2. The van der Waals surface area contributed by atoms with E-state index in [0.29, 0.717) is 73.6 Å². The second kappa shape index (κ2) is 27.3. The summed E-state index contributed by atoms with van der Waals surface area (Å²) in [6.07, 6.45) is 10.5. The fraction of sp³-hybridized carbons (Fsp3) is 0.333. The molecule has 0 aliphatic carbocycles. The van der Waals surface area contributed by atoms with Crippen LogP contribution in [0, 0.1) is 5.41 Å². The van der Waals surface area contributed by atoms with Crippen molar-refractivity contribution in [1.82, 2.24) is 0 Å². The van der Waals surface area contributed by atoms with Gasteiger partial charge < -0.3 is 39.9 Å². The van der Waals surface area contributed by atoms with Crippen molar-refractivity contribution in [1.29, 1.82) is 0 Å². The first kappa shape index (κ1) is 50.7. The number of rotatable bonds is 26. The summed E-state index contributed by atoms with van der Waals surface area (Å²) in [5, 5.41) is 0. The van der Waals surface area contributed by atoms with Gasteiger partial charge >= 0.3 is 35.8 Å². The minimum absolute atomic E-state index is 0.0162. The van der Waals surface area contributed by atoms with Gasteiger partial charge in [-0.15, -0.1) is 0 Å². The lowest BCUT2D eigenvalue weighted by molar-refractivity contribution is -0.177. The van der Waals surface area contributed by atoms with E-state index in [2.05, 4.69) is 9.47 Å². The maximum atomic E-state index is 14.4. The van der Waals surface area contributed by atoms with Gasteiger partial charge in [0.15, 0.2) is 0 Å². The molecule has 2 unspecified atom stereocenters. The van der Waals surface area contributed by atoms with Gasteiger partial charge in [-0.3, -0.25) is 9.59 Å². The molecular weight excluding hydrogens is 833 g/mol. The van der Waals surface area contributed by atoms with Crippen LogP contribution < -0.4 is 11.5 Å². The van der Waals surface area contributed by atoms with Gasteiger partial charge in [-0.1, -0.05) is 84.9 Å². The van der Waals surface area contributed by atoms with Gasteiger partial charge in [0.1, 0.15) is 0 Å². The van der Waals surface area contributed by atoms with Crippen molar-refractivity contribution < 1.29 is 57.2 Å². The zero-order valence-electron chi connectivity index (χ0n) is 36.9. The highest BCUT2D eigenvalue weighted by molar-refractivity contribution is 6.02. The maximum Gasteiger partial charge on any atom is 0.338 e. The molecule has 0 fully saturated rings. The highest BCUT2D eigenvalue weighted by Gasteiger charge is 2.59. The Labute approximate surface area is 379 Å². The molecule has 14 nitrogen and oxygen atoms in total. The average molecular weight is 891 g/mol. The fourth-order valence-electron chi connectivity index (χ4n) is 6.74. The summed E-state index contributed by atoms with van der Waals surface area (Å²) >= 11 is 0. The Hall–Kier alpha value is -6.90. The van der Waals surface area contributed by atoms with Crippen LogP contribution in [-0.4, -0.2) is 76.5 Å². The van der Waals surface area contributed by atoms with Crippen LogP contribution in [0.1, 0.15) is 106 Å². The number of carbonyl (C=O) groups excluding carboxylic acids is 6. The third-order valence-electron chi connectivity index (χ3n) is 10.5. The molecule has 4 aromatic carbocycles. The van der Waals surface area contributed by atoms with Crippen LogP contribution >= 0.6 is 0 Å². The molecular formula is C51H58N2O12. The van der Waals surface area contributed by atoms with Crippen LogP contribution in [0.3, 0.4) is 0 Å². The van der Waals surface area contributed by atoms with Gasteiger partial charge in [-0.2, -0.15) is 0 Å². The van der Waals surface area contributed by atoms with Crippen LogP contribution in [0.5, 0.6) is 0 Å². The summed E-state index contributed by atoms with van der Waals surface area (Å²) < 4.78 is 31.7. The molecule has 4 rings (SSSR count). The predicted molar refractivity (Wildman–Crippen MR) is 244 cm³/mol. The summed E-state index contributed by atoms with van der Waals surface area (Å²) in [4.78, 5) is 76.5. The van der Waals surface area contributed by atoms with E-state index in [4.69, 9.17) is 30.4 Å². The van der Waals surface area contributed by atoms with Crippen LogP contribution in [0.2, 0.25) is 0 Å². The fourth-order valence-corrected chi connectivity index (χ4v) is 6.74. The number of ether oxygens (including phenoxy) is 6. The van der Waals surface area contributed by atoms with Gasteiger partial charge in [0.25, 0.3) is 0 Å². The number of esters is 6. The average Bonchev–Trinajstić information content (AvgIpc) is 3.34. The van der Waals surface area contributed by atoms with Crippen molar-refractivity contribution >= 4 is 48.0 Å². The molecule has 0 aromatic heterocycles. The summed E-state index contributed by atoms with van der Waals surface area (Å²) in [7, 11) is 2.58. The normalized spacial score (nSPS) is 13.0. The summed E-state index contributed by atoms with van der Waals surface area (Å²) in [5.74, 6) is -3.70. The predicted octanol–water partition coefficient (Wildman–Crippen LogP) is 7.67. The topological polar surface area (TPSA) is 210 Å². The number of benzene rings is 4. The second-order valence-electron chi connectivity index (χ2n) is 15.0. The Kier molecular flexibility index (Phi) is 21.3. The number of unbranched alkanes of at least 4 members (excludes halogenated alkanes) is 6. The standard InChI is InChI=1S/C51H58N2O12/c1-60-43(54)31-25-37-21-27-41(28-22-37)47(56)62-33-13-3-5-15-35-64-49(58)51(45(52)39-17-9-7-10-18-39,46(53)40-19-11-8-12-20-40)50(59)65-36-16-6-4-14-34-63-48(57)42-29-23-38(24-30-42)26-32-44(55)61-2/h7-12,17-32,45-46H,3-6,13-16,33-36,52-53H2,1-2H3. The SMILES string of the molecule is COC(=O)C=Cc1ccc(C(=O)OCCCCCCOC(=O)C(C(=O)OCCCCCCOC(=O)c2ccc(C=CC(=O)OC)cc2)(C(N)c2ccccc2)C(N)c2ccccc2)cc1. The monoisotopic (exact) mass is 890 g/mol. The summed E-state index contributed by atoms with van der Waals surface area (Å²) in [5.41, 5.74) is 14.8. The molecule has 14 heteroatoms. The Balaban J connectivity index is 1.29. The Morgan fingerprint density at radius 1 is 0.462 bits per heavy atom. The van der Waals surface area contributed by atoms with Crippen molar-refractivity contribution in [3.8, 4) is 0 Å². The van der Waals surface area contributed by atoms with E-state index >= 15 is 0 Å². The molecule has 0 saturated heterocycles. The minimum atomic E-state index is -2.16.